The largest absolute Gasteiger partial charge is 0.478 e. The summed E-state index contributed by atoms with van der Waals surface area (Å²) in [5.41, 5.74) is 0.936. The standard InChI is InChI=1S/C11H10BrCl2NO2/c1-6(11(16)17)4-5-15-8-3-2-7(12)9(13)10(8)14/h2-4,15H,5H2,1H3,(H,16,17)/b6-4-. The maximum atomic E-state index is 10.6. The minimum absolute atomic E-state index is 0.275. The van der Waals surface area contributed by atoms with Crippen LogP contribution in [0.2, 0.25) is 10.0 Å². The molecule has 0 aromatic heterocycles. The zero-order valence-electron chi connectivity index (χ0n) is 8.93. The van der Waals surface area contributed by atoms with E-state index in [2.05, 4.69) is 21.2 Å². The summed E-state index contributed by atoms with van der Waals surface area (Å²) in [5, 5.41) is 12.5. The molecular weight excluding hydrogens is 329 g/mol. The molecule has 3 nitrogen and oxygen atoms in total. The zero-order chi connectivity index (χ0) is 13.0. The van der Waals surface area contributed by atoms with Crippen molar-refractivity contribution in [3.63, 3.8) is 0 Å². The average molecular weight is 339 g/mol. The fourth-order valence-corrected chi connectivity index (χ4v) is 1.90. The number of carboxylic acids is 1. The van der Waals surface area contributed by atoms with Crippen molar-refractivity contribution in [3.05, 3.63) is 38.3 Å². The van der Waals surface area contributed by atoms with Gasteiger partial charge in [0.2, 0.25) is 0 Å². The van der Waals surface area contributed by atoms with Crippen LogP contribution in [0.15, 0.2) is 28.3 Å². The molecule has 92 valence electrons. The van der Waals surface area contributed by atoms with E-state index >= 15 is 0 Å². The van der Waals surface area contributed by atoms with Crippen LogP contribution in [0.5, 0.6) is 0 Å². The summed E-state index contributed by atoms with van der Waals surface area (Å²) in [5.74, 6) is -0.938. The van der Waals surface area contributed by atoms with Crippen LogP contribution in [0, 0.1) is 0 Å². The topological polar surface area (TPSA) is 49.3 Å². The van der Waals surface area contributed by atoms with Crippen molar-refractivity contribution in [3.8, 4) is 0 Å². The highest BCUT2D eigenvalue weighted by Gasteiger charge is 2.07. The molecule has 1 aromatic rings. The second-order valence-electron chi connectivity index (χ2n) is 3.30. The lowest BCUT2D eigenvalue weighted by atomic mass is 10.2. The number of rotatable bonds is 4. The van der Waals surface area contributed by atoms with Gasteiger partial charge in [-0.25, -0.2) is 4.79 Å². The van der Waals surface area contributed by atoms with E-state index in [0.717, 1.165) is 0 Å². The van der Waals surface area contributed by atoms with Crippen molar-refractivity contribution in [1.82, 2.24) is 0 Å². The maximum Gasteiger partial charge on any atom is 0.331 e. The normalized spacial score (nSPS) is 11.4. The minimum Gasteiger partial charge on any atom is -0.478 e. The molecule has 0 saturated heterocycles. The first-order chi connectivity index (χ1) is 7.93. The third kappa shape index (κ3) is 3.91. The summed E-state index contributed by atoms with van der Waals surface area (Å²) in [4.78, 5) is 10.6. The molecule has 0 saturated carbocycles. The van der Waals surface area contributed by atoms with Crippen molar-refractivity contribution in [2.24, 2.45) is 0 Å². The Bertz CT molecular complexity index is 475. The lowest BCUT2D eigenvalue weighted by Gasteiger charge is -2.08. The monoisotopic (exact) mass is 337 g/mol. The Balaban J connectivity index is 2.74. The number of carboxylic acid groups (broad SMARTS) is 1. The van der Waals surface area contributed by atoms with Crippen molar-refractivity contribution >= 4 is 50.8 Å². The molecule has 2 N–H and O–H groups in total. The van der Waals surface area contributed by atoms with Gasteiger partial charge >= 0.3 is 5.97 Å². The highest BCUT2D eigenvalue weighted by atomic mass is 79.9. The summed E-state index contributed by atoms with van der Waals surface area (Å²) in [6.45, 7) is 1.90. The number of hydrogen-bond donors (Lipinski definition) is 2. The summed E-state index contributed by atoms with van der Waals surface area (Å²) >= 11 is 15.2. The zero-order valence-corrected chi connectivity index (χ0v) is 12.0. The molecule has 0 spiro atoms. The molecule has 6 heteroatoms. The van der Waals surface area contributed by atoms with Gasteiger partial charge in [0.05, 0.1) is 15.7 Å². The molecule has 17 heavy (non-hydrogen) atoms. The van der Waals surface area contributed by atoms with Crippen LogP contribution in [0.3, 0.4) is 0 Å². The van der Waals surface area contributed by atoms with Crippen molar-refractivity contribution in [2.75, 3.05) is 11.9 Å². The summed E-state index contributed by atoms with van der Waals surface area (Å²) in [6.07, 6.45) is 1.56. The maximum absolute atomic E-state index is 10.6. The van der Waals surface area contributed by atoms with E-state index in [0.29, 0.717) is 26.8 Å². The fourth-order valence-electron chi connectivity index (χ4n) is 1.06. The van der Waals surface area contributed by atoms with Crippen LogP contribution in [-0.4, -0.2) is 17.6 Å². The van der Waals surface area contributed by atoms with Crippen LogP contribution in [0.1, 0.15) is 6.92 Å². The number of hydrogen-bond acceptors (Lipinski definition) is 2. The van der Waals surface area contributed by atoms with E-state index < -0.39 is 5.97 Å². The molecular formula is C11H10BrCl2NO2. The number of anilines is 1. The second-order valence-corrected chi connectivity index (χ2v) is 4.91. The molecule has 0 aliphatic rings. The van der Waals surface area contributed by atoms with Crippen LogP contribution >= 0.6 is 39.1 Å². The highest BCUT2D eigenvalue weighted by Crippen LogP contribution is 2.35. The number of halogens is 3. The molecule has 0 atom stereocenters. The molecule has 0 unspecified atom stereocenters. The first-order valence-corrected chi connectivity index (χ1v) is 6.25. The molecule has 0 fully saturated rings. The Kier molecular flexibility index (Phi) is 5.31. The van der Waals surface area contributed by atoms with E-state index in [1.165, 1.54) is 6.92 Å². The lowest BCUT2D eigenvalue weighted by Crippen LogP contribution is -2.03. The summed E-state index contributed by atoms with van der Waals surface area (Å²) in [6, 6.07) is 3.53. The van der Waals surface area contributed by atoms with Crippen molar-refractivity contribution in [1.29, 1.82) is 0 Å². The number of carbonyl (C=O) groups is 1. The van der Waals surface area contributed by atoms with E-state index in [-0.39, 0.29) is 5.57 Å². The van der Waals surface area contributed by atoms with E-state index in [9.17, 15) is 4.79 Å². The molecule has 0 amide bonds. The Morgan fingerprint density at radius 3 is 2.71 bits per heavy atom. The molecule has 0 radical (unpaired) electrons. The molecule has 0 bridgehead atoms. The first kappa shape index (κ1) is 14.4. The number of nitrogens with one attached hydrogen (secondary N) is 1. The Hall–Kier alpha value is -0.710. The van der Waals surface area contributed by atoms with Crippen LogP contribution in [0.4, 0.5) is 5.69 Å². The van der Waals surface area contributed by atoms with Crippen LogP contribution in [-0.2, 0) is 4.79 Å². The fraction of sp³-hybridized carbons (Fsp3) is 0.182. The number of benzene rings is 1. The van der Waals surface area contributed by atoms with Gasteiger partial charge in [-0.2, -0.15) is 0 Å². The van der Waals surface area contributed by atoms with Gasteiger partial charge in [-0.3, -0.25) is 0 Å². The Morgan fingerprint density at radius 2 is 2.12 bits per heavy atom. The Morgan fingerprint density at radius 1 is 1.47 bits per heavy atom. The molecule has 1 aromatic carbocycles. The quantitative estimate of drug-likeness (QED) is 0.639. The van der Waals surface area contributed by atoms with Crippen molar-refractivity contribution in [2.45, 2.75) is 6.92 Å². The highest BCUT2D eigenvalue weighted by molar-refractivity contribution is 9.10. The SMILES string of the molecule is C/C(=C/CNc1ccc(Br)c(Cl)c1Cl)C(=O)O. The van der Waals surface area contributed by atoms with Gasteiger partial charge in [0.1, 0.15) is 0 Å². The lowest BCUT2D eigenvalue weighted by molar-refractivity contribution is -0.132. The van der Waals surface area contributed by atoms with Gasteiger partial charge in [0, 0.05) is 16.6 Å². The molecule has 0 aliphatic heterocycles. The van der Waals surface area contributed by atoms with Gasteiger partial charge in [-0.1, -0.05) is 29.3 Å². The predicted molar refractivity (Wildman–Crippen MR) is 74.0 cm³/mol. The van der Waals surface area contributed by atoms with Gasteiger partial charge in [0.25, 0.3) is 0 Å². The molecule has 1 rings (SSSR count). The third-order valence-corrected chi connectivity index (χ3v) is 3.84. The van der Waals surface area contributed by atoms with Crippen molar-refractivity contribution < 1.29 is 9.90 Å². The first-order valence-electron chi connectivity index (χ1n) is 4.71. The smallest absolute Gasteiger partial charge is 0.331 e. The second kappa shape index (κ2) is 6.28. The van der Waals surface area contributed by atoms with Gasteiger partial charge in [0.15, 0.2) is 0 Å². The molecule has 0 aliphatic carbocycles. The molecule has 0 heterocycles. The van der Waals surface area contributed by atoms with Crippen LogP contribution in [0.25, 0.3) is 0 Å². The van der Waals surface area contributed by atoms with Gasteiger partial charge in [-0.05, 0) is 35.0 Å². The van der Waals surface area contributed by atoms with Gasteiger partial charge in [-0.15, -0.1) is 0 Å². The third-order valence-electron chi connectivity index (χ3n) is 2.07. The van der Waals surface area contributed by atoms with E-state index in [1.807, 2.05) is 0 Å². The number of aliphatic carboxylic acids is 1. The average Bonchev–Trinajstić information content (AvgIpc) is 2.28. The Labute approximate surface area is 118 Å². The minimum atomic E-state index is -0.938. The summed E-state index contributed by atoms with van der Waals surface area (Å²) in [7, 11) is 0. The predicted octanol–water partition coefficient (Wildman–Crippen LogP) is 4.20. The van der Waals surface area contributed by atoms with Crippen LogP contribution < -0.4 is 5.32 Å². The van der Waals surface area contributed by atoms with E-state index in [4.69, 9.17) is 28.3 Å². The van der Waals surface area contributed by atoms with Gasteiger partial charge < -0.3 is 10.4 Å². The summed E-state index contributed by atoms with van der Waals surface area (Å²) < 4.78 is 0.715. The van der Waals surface area contributed by atoms with E-state index in [1.54, 1.807) is 18.2 Å².